The van der Waals surface area contributed by atoms with E-state index in [2.05, 4.69) is 87.9 Å². The highest BCUT2D eigenvalue weighted by Gasteiger charge is 2.35. The second-order valence-corrected chi connectivity index (χ2v) is 10.3. The number of hydrogen-bond acceptors (Lipinski definition) is 3. The predicted octanol–water partition coefficient (Wildman–Crippen LogP) is 4.88. The molecular weight excluding hydrogens is 418 g/mol. The van der Waals surface area contributed by atoms with E-state index in [1.54, 1.807) is 0 Å². The number of nitrogens with zero attached hydrogens (tertiary/aromatic N) is 2. The first-order chi connectivity index (χ1) is 16.7. The molecule has 0 unspecified atom stereocenters. The average Bonchev–Trinajstić information content (AvgIpc) is 3.38. The van der Waals surface area contributed by atoms with Crippen LogP contribution in [0.15, 0.2) is 72.8 Å². The number of hydrogen-bond donors (Lipinski definition) is 1. The van der Waals surface area contributed by atoms with Gasteiger partial charge in [-0.25, -0.2) is 0 Å². The van der Waals surface area contributed by atoms with Crippen molar-refractivity contribution in [3.8, 4) is 0 Å². The Balaban J connectivity index is 1.30. The van der Waals surface area contributed by atoms with Crippen LogP contribution in [0.25, 0.3) is 10.8 Å². The Hall–Kier alpha value is -2.69. The van der Waals surface area contributed by atoms with Gasteiger partial charge < -0.3 is 5.32 Å². The predicted molar refractivity (Wildman–Crippen MR) is 140 cm³/mol. The third kappa shape index (κ3) is 5.68. The minimum absolute atomic E-state index is 0.0952. The second-order valence-electron chi connectivity index (χ2n) is 10.3. The van der Waals surface area contributed by atoms with Crippen LogP contribution in [-0.4, -0.2) is 55.0 Å². The lowest BCUT2D eigenvalue weighted by molar-refractivity contribution is -0.122. The molecule has 0 aliphatic carbocycles. The van der Waals surface area contributed by atoms with Crippen LogP contribution in [0.1, 0.15) is 36.8 Å². The molecule has 4 nitrogen and oxygen atoms in total. The van der Waals surface area contributed by atoms with E-state index in [1.807, 2.05) is 0 Å². The van der Waals surface area contributed by atoms with Gasteiger partial charge in [0.25, 0.3) is 0 Å². The van der Waals surface area contributed by atoms with Crippen LogP contribution in [0.4, 0.5) is 0 Å². The Morgan fingerprint density at radius 1 is 0.794 bits per heavy atom. The zero-order chi connectivity index (χ0) is 23.2. The molecule has 1 N–H and O–H groups in total. The maximum Gasteiger partial charge on any atom is 0.234 e. The minimum Gasteiger partial charge on any atom is -0.354 e. The molecule has 1 amide bonds. The Kier molecular flexibility index (Phi) is 7.27. The summed E-state index contributed by atoms with van der Waals surface area (Å²) < 4.78 is 0. The Bertz CT molecular complexity index is 1080. The molecule has 178 valence electrons. The van der Waals surface area contributed by atoms with Gasteiger partial charge in [0.1, 0.15) is 0 Å². The second kappa shape index (κ2) is 10.7. The first-order valence-electron chi connectivity index (χ1n) is 12.9. The summed E-state index contributed by atoms with van der Waals surface area (Å²) in [6.45, 7) is 6.58. The van der Waals surface area contributed by atoms with Crippen molar-refractivity contribution in [2.24, 2.45) is 5.41 Å². The normalized spacial score (nSPS) is 18.8. The number of carbonyl (C=O) groups is 1. The molecule has 5 rings (SSSR count). The van der Waals surface area contributed by atoms with E-state index < -0.39 is 0 Å². The zero-order valence-electron chi connectivity index (χ0n) is 20.2. The van der Waals surface area contributed by atoms with Crippen LogP contribution in [0.2, 0.25) is 0 Å². The number of likely N-dealkylation sites (tertiary alicyclic amines) is 2. The minimum atomic E-state index is 0.0952. The molecule has 0 atom stereocenters. The van der Waals surface area contributed by atoms with Crippen LogP contribution in [0, 0.1) is 5.41 Å². The molecule has 0 spiro atoms. The molecule has 4 heteroatoms. The van der Waals surface area contributed by atoms with E-state index in [9.17, 15) is 4.79 Å². The maximum atomic E-state index is 12.8. The number of fused-ring (bicyclic) bond motifs is 1. The summed E-state index contributed by atoms with van der Waals surface area (Å²) in [6, 6.07) is 26.1. The van der Waals surface area contributed by atoms with E-state index in [0.29, 0.717) is 6.54 Å². The SMILES string of the molecule is O=C(CN1CCCC1)NCC1(Cc2cccc3ccccc23)CCN(Cc2ccccc2)CC1. The van der Waals surface area contributed by atoms with Gasteiger partial charge in [0.15, 0.2) is 0 Å². The largest absolute Gasteiger partial charge is 0.354 e. The molecule has 0 aromatic heterocycles. The fourth-order valence-corrected chi connectivity index (χ4v) is 5.78. The van der Waals surface area contributed by atoms with Gasteiger partial charge in [0.2, 0.25) is 5.91 Å². The van der Waals surface area contributed by atoms with E-state index in [0.717, 1.165) is 58.5 Å². The monoisotopic (exact) mass is 455 g/mol. The number of benzene rings is 3. The number of piperidine rings is 1. The molecular formula is C30H37N3O. The summed E-state index contributed by atoms with van der Waals surface area (Å²) in [5.41, 5.74) is 2.88. The molecule has 0 saturated carbocycles. The van der Waals surface area contributed by atoms with Gasteiger partial charge >= 0.3 is 0 Å². The van der Waals surface area contributed by atoms with Crippen LogP contribution >= 0.6 is 0 Å². The number of rotatable bonds is 8. The quantitative estimate of drug-likeness (QED) is 0.526. The van der Waals surface area contributed by atoms with Crippen LogP contribution in [0.3, 0.4) is 0 Å². The first kappa shape index (κ1) is 23.1. The summed E-state index contributed by atoms with van der Waals surface area (Å²) >= 11 is 0. The highest BCUT2D eigenvalue weighted by Crippen LogP contribution is 2.37. The number of nitrogens with one attached hydrogen (secondary N) is 1. The summed E-state index contributed by atoms with van der Waals surface area (Å²) in [6.07, 6.45) is 5.66. The lowest BCUT2D eigenvalue weighted by atomic mass is 9.73. The highest BCUT2D eigenvalue weighted by atomic mass is 16.2. The Morgan fingerprint density at radius 3 is 2.29 bits per heavy atom. The molecule has 34 heavy (non-hydrogen) atoms. The molecule has 0 bridgehead atoms. The summed E-state index contributed by atoms with van der Waals surface area (Å²) in [7, 11) is 0. The topological polar surface area (TPSA) is 35.6 Å². The average molecular weight is 456 g/mol. The standard InChI is InChI=1S/C30H37N3O/c34-29(23-32-17-6-7-18-32)31-24-30(21-27-13-8-12-26-11-4-5-14-28(26)27)15-19-33(20-16-30)22-25-9-2-1-3-10-25/h1-5,8-14H,6-7,15-24H2,(H,31,34). The smallest absolute Gasteiger partial charge is 0.234 e. The summed E-state index contributed by atoms with van der Waals surface area (Å²) in [5.74, 6) is 0.186. The van der Waals surface area contributed by atoms with Crippen molar-refractivity contribution in [2.45, 2.75) is 38.6 Å². The van der Waals surface area contributed by atoms with Crippen molar-refractivity contribution in [1.29, 1.82) is 0 Å². The number of amides is 1. The van der Waals surface area contributed by atoms with Gasteiger partial charge in [-0.05, 0) is 85.6 Å². The van der Waals surface area contributed by atoms with Crippen molar-refractivity contribution in [3.63, 3.8) is 0 Å². The van der Waals surface area contributed by atoms with E-state index in [1.165, 1.54) is 34.7 Å². The van der Waals surface area contributed by atoms with Crippen molar-refractivity contribution < 1.29 is 4.79 Å². The highest BCUT2D eigenvalue weighted by molar-refractivity contribution is 5.85. The van der Waals surface area contributed by atoms with Gasteiger partial charge in [0, 0.05) is 13.1 Å². The zero-order valence-corrected chi connectivity index (χ0v) is 20.2. The van der Waals surface area contributed by atoms with Gasteiger partial charge in [-0.2, -0.15) is 0 Å². The number of carbonyl (C=O) groups excluding carboxylic acids is 1. The van der Waals surface area contributed by atoms with E-state index in [-0.39, 0.29) is 11.3 Å². The molecule has 0 radical (unpaired) electrons. The lowest BCUT2D eigenvalue weighted by Gasteiger charge is -2.42. The lowest BCUT2D eigenvalue weighted by Crippen LogP contribution is -2.48. The third-order valence-electron chi connectivity index (χ3n) is 7.84. The first-order valence-corrected chi connectivity index (χ1v) is 12.9. The van der Waals surface area contributed by atoms with Crippen molar-refractivity contribution in [1.82, 2.24) is 15.1 Å². The third-order valence-corrected chi connectivity index (χ3v) is 7.84. The molecule has 2 heterocycles. The Labute approximate surface area is 203 Å². The summed E-state index contributed by atoms with van der Waals surface area (Å²) in [5, 5.41) is 6.00. The molecule has 2 saturated heterocycles. The molecule has 2 aliphatic heterocycles. The maximum absolute atomic E-state index is 12.8. The molecule has 3 aromatic carbocycles. The fraction of sp³-hybridized carbons (Fsp3) is 0.433. The van der Waals surface area contributed by atoms with Gasteiger partial charge in [-0.3, -0.25) is 14.6 Å². The fourth-order valence-electron chi connectivity index (χ4n) is 5.78. The van der Waals surface area contributed by atoms with Gasteiger partial charge in [-0.15, -0.1) is 0 Å². The van der Waals surface area contributed by atoms with Crippen molar-refractivity contribution in [2.75, 3.05) is 39.3 Å². The Morgan fingerprint density at radius 2 is 1.50 bits per heavy atom. The van der Waals surface area contributed by atoms with Gasteiger partial charge in [-0.1, -0.05) is 72.8 Å². The van der Waals surface area contributed by atoms with E-state index in [4.69, 9.17) is 0 Å². The van der Waals surface area contributed by atoms with Crippen molar-refractivity contribution in [3.05, 3.63) is 83.9 Å². The van der Waals surface area contributed by atoms with Crippen LogP contribution in [0.5, 0.6) is 0 Å². The van der Waals surface area contributed by atoms with E-state index >= 15 is 0 Å². The summed E-state index contributed by atoms with van der Waals surface area (Å²) in [4.78, 5) is 17.7. The molecule has 2 aliphatic rings. The van der Waals surface area contributed by atoms with Crippen LogP contribution < -0.4 is 5.32 Å². The van der Waals surface area contributed by atoms with Crippen molar-refractivity contribution >= 4 is 16.7 Å². The molecule has 3 aromatic rings. The molecule has 2 fully saturated rings. The van der Waals surface area contributed by atoms with Crippen LogP contribution in [-0.2, 0) is 17.8 Å². The van der Waals surface area contributed by atoms with Gasteiger partial charge in [0.05, 0.1) is 6.54 Å².